The number of rotatable bonds is 5. The minimum absolute atomic E-state index is 0.195. The second kappa shape index (κ2) is 5.46. The van der Waals surface area contributed by atoms with E-state index in [1.165, 1.54) is 31.2 Å². The third kappa shape index (κ3) is 2.95. The van der Waals surface area contributed by atoms with E-state index in [-0.39, 0.29) is 17.2 Å². The largest absolute Gasteiger partial charge is 0.287 e. The molecule has 0 bridgehead atoms. The first kappa shape index (κ1) is 13.9. The SMILES string of the molecule is CC(CCCl)S(=O)(=O)c1ccccc1[N+](=O)[O-]. The molecule has 17 heavy (non-hydrogen) atoms. The molecule has 0 saturated carbocycles. The van der Waals surface area contributed by atoms with E-state index >= 15 is 0 Å². The minimum atomic E-state index is -3.70. The lowest BCUT2D eigenvalue weighted by Gasteiger charge is -2.11. The van der Waals surface area contributed by atoms with E-state index in [0.29, 0.717) is 0 Å². The van der Waals surface area contributed by atoms with Gasteiger partial charge >= 0.3 is 0 Å². The van der Waals surface area contributed by atoms with Crippen molar-refractivity contribution < 1.29 is 13.3 Å². The van der Waals surface area contributed by atoms with Gasteiger partial charge in [0.05, 0.1) is 10.2 Å². The lowest BCUT2D eigenvalue weighted by Crippen LogP contribution is -2.19. The van der Waals surface area contributed by atoms with Crippen molar-refractivity contribution in [3.8, 4) is 0 Å². The van der Waals surface area contributed by atoms with Gasteiger partial charge in [0, 0.05) is 11.9 Å². The Labute approximate surface area is 104 Å². The molecule has 0 amide bonds. The Balaban J connectivity index is 3.29. The van der Waals surface area contributed by atoms with Gasteiger partial charge in [0.1, 0.15) is 4.90 Å². The van der Waals surface area contributed by atoms with Gasteiger partial charge < -0.3 is 0 Å². The summed E-state index contributed by atoms with van der Waals surface area (Å²) in [6.45, 7) is 1.49. The van der Waals surface area contributed by atoms with Gasteiger partial charge in [-0.05, 0) is 19.4 Å². The molecule has 1 rings (SSSR count). The summed E-state index contributed by atoms with van der Waals surface area (Å²) < 4.78 is 24.2. The number of nitrogens with zero attached hydrogens (tertiary/aromatic N) is 1. The van der Waals surface area contributed by atoms with Gasteiger partial charge in [0.15, 0.2) is 9.84 Å². The van der Waals surface area contributed by atoms with E-state index in [2.05, 4.69) is 0 Å². The number of nitro groups is 1. The maximum atomic E-state index is 12.1. The van der Waals surface area contributed by atoms with Crippen molar-refractivity contribution in [2.45, 2.75) is 23.5 Å². The molecule has 0 N–H and O–H groups in total. The molecular formula is C10H12ClNO4S. The molecule has 5 nitrogen and oxygen atoms in total. The van der Waals surface area contributed by atoms with Crippen LogP contribution in [0.25, 0.3) is 0 Å². The lowest BCUT2D eigenvalue weighted by atomic mass is 10.3. The second-order valence-electron chi connectivity index (χ2n) is 3.56. The molecular weight excluding hydrogens is 266 g/mol. The van der Waals surface area contributed by atoms with Gasteiger partial charge in [0.2, 0.25) is 0 Å². The fourth-order valence-electron chi connectivity index (χ4n) is 1.37. The number of sulfone groups is 1. The first-order valence-corrected chi connectivity index (χ1v) is 7.02. The summed E-state index contributed by atoms with van der Waals surface area (Å²) in [6, 6.07) is 5.33. The van der Waals surface area contributed by atoms with Gasteiger partial charge in [-0.2, -0.15) is 0 Å². The van der Waals surface area contributed by atoms with Crippen LogP contribution in [0.1, 0.15) is 13.3 Å². The van der Waals surface area contributed by atoms with Crippen LogP contribution in [0.15, 0.2) is 29.2 Å². The first-order chi connectivity index (χ1) is 7.91. The monoisotopic (exact) mass is 277 g/mol. The van der Waals surface area contributed by atoms with Crippen molar-refractivity contribution in [2.24, 2.45) is 0 Å². The average molecular weight is 278 g/mol. The number of benzene rings is 1. The maximum absolute atomic E-state index is 12.1. The maximum Gasteiger partial charge on any atom is 0.287 e. The third-order valence-corrected chi connectivity index (χ3v) is 4.89. The predicted molar refractivity (Wildman–Crippen MR) is 65.1 cm³/mol. The van der Waals surface area contributed by atoms with E-state index in [0.717, 1.165) is 0 Å². The zero-order valence-electron chi connectivity index (χ0n) is 9.17. The van der Waals surface area contributed by atoms with Gasteiger partial charge in [-0.1, -0.05) is 12.1 Å². The molecule has 1 atom stereocenters. The zero-order chi connectivity index (χ0) is 13.1. The molecule has 94 valence electrons. The van der Waals surface area contributed by atoms with Crippen LogP contribution >= 0.6 is 11.6 Å². The molecule has 0 aliphatic rings. The molecule has 0 aromatic heterocycles. The van der Waals surface area contributed by atoms with Crippen LogP contribution < -0.4 is 0 Å². The molecule has 1 aromatic rings. The summed E-state index contributed by atoms with van der Waals surface area (Å²) in [5.41, 5.74) is -0.395. The summed E-state index contributed by atoms with van der Waals surface area (Å²) in [4.78, 5) is 9.82. The van der Waals surface area contributed by atoms with E-state index in [4.69, 9.17) is 11.6 Å². The molecule has 0 aliphatic carbocycles. The highest BCUT2D eigenvalue weighted by Gasteiger charge is 2.29. The predicted octanol–water partition coefficient (Wildman–Crippen LogP) is 2.39. The Hall–Kier alpha value is -1.14. The van der Waals surface area contributed by atoms with Crippen molar-refractivity contribution in [1.82, 2.24) is 0 Å². The number of hydrogen-bond acceptors (Lipinski definition) is 4. The Kier molecular flexibility index (Phi) is 4.47. The van der Waals surface area contributed by atoms with Crippen molar-refractivity contribution in [3.05, 3.63) is 34.4 Å². The van der Waals surface area contributed by atoms with Crippen molar-refractivity contribution in [2.75, 3.05) is 5.88 Å². The number of alkyl halides is 1. The van der Waals surface area contributed by atoms with E-state index < -0.39 is 25.7 Å². The fourth-order valence-corrected chi connectivity index (χ4v) is 3.39. The van der Waals surface area contributed by atoms with Crippen LogP contribution in [0.2, 0.25) is 0 Å². The van der Waals surface area contributed by atoms with E-state index in [9.17, 15) is 18.5 Å². The fraction of sp³-hybridized carbons (Fsp3) is 0.400. The summed E-state index contributed by atoms with van der Waals surface area (Å²) in [5.74, 6) is 0.195. The van der Waals surface area contributed by atoms with Crippen LogP contribution in [0.4, 0.5) is 5.69 Å². The highest BCUT2D eigenvalue weighted by Crippen LogP contribution is 2.27. The topological polar surface area (TPSA) is 77.3 Å². The average Bonchev–Trinajstić information content (AvgIpc) is 2.29. The van der Waals surface area contributed by atoms with Gasteiger partial charge in [-0.3, -0.25) is 10.1 Å². The Morgan fingerprint density at radius 3 is 2.53 bits per heavy atom. The number of halogens is 1. The highest BCUT2D eigenvalue weighted by atomic mass is 35.5. The van der Waals surface area contributed by atoms with Crippen LogP contribution in [-0.4, -0.2) is 24.5 Å². The molecule has 1 aromatic carbocycles. The van der Waals surface area contributed by atoms with Gasteiger partial charge in [0.25, 0.3) is 5.69 Å². The Morgan fingerprint density at radius 1 is 1.41 bits per heavy atom. The minimum Gasteiger partial charge on any atom is -0.258 e. The second-order valence-corrected chi connectivity index (χ2v) is 6.27. The summed E-state index contributed by atoms with van der Waals surface area (Å²) in [5, 5.41) is 10.0. The summed E-state index contributed by atoms with van der Waals surface area (Å²) in [6.07, 6.45) is 0.260. The Morgan fingerprint density at radius 2 is 2.00 bits per heavy atom. The lowest BCUT2D eigenvalue weighted by molar-refractivity contribution is -0.387. The smallest absolute Gasteiger partial charge is 0.258 e. The van der Waals surface area contributed by atoms with Crippen molar-refractivity contribution in [3.63, 3.8) is 0 Å². The quantitative estimate of drug-likeness (QED) is 0.470. The molecule has 1 unspecified atom stereocenters. The molecule has 0 heterocycles. The number of hydrogen-bond donors (Lipinski definition) is 0. The number of nitro benzene ring substituents is 1. The van der Waals surface area contributed by atoms with Crippen molar-refractivity contribution in [1.29, 1.82) is 0 Å². The number of para-hydroxylation sites is 1. The standard InChI is InChI=1S/C10H12ClNO4S/c1-8(6-7-11)17(15,16)10-5-3-2-4-9(10)12(13)14/h2-5,8H,6-7H2,1H3. The molecule has 0 spiro atoms. The van der Waals surface area contributed by atoms with Crippen LogP contribution in [-0.2, 0) is 9.84 Å². The molecule has 7 heteroatoms. The van der Waals surface area contributed by atoms with Crippen molar-refractivity contribution >= 4 is 27.1 Å². The molecule has 0 aliphatic heterocycles. The molecule has 0 radical (unpaired) electrons. The van der Waals surface area contributed by atoms with E-state index in [1.807, 2.05) is 0 Å². The zero-order valence-corrected chi connectivity index (χ0v) is 10.7. The van der Waals surface area contributed by atoms with Gasteiger partial charge in [-0.15, -0.1) is 11.6 Å². The normalized spacial score (nSPS) is 13.3. The summed E-state index contributed by atoms with van der Waals surface area (Å²) in [7, 11) is -3.70. The van der Waals surface area contributed by atoms with Crippen LogP contribution in [0.3, 0.4) is 0 Å². The third-order valence-electron chi connectivity index (χ3n) is 2.41. The first-order valence-electron chi connectivity index (χ1n) is 4.94. The van der Waals surface area contributed by atoms with Crippen LogP contribution in [0, 0.1) is 10.1 Å². The van der Waals surface area contributed by atoms with Crippen LogP contribution in [0.5, 0.6) is 0 Å². The Bertz CT molecular complexity index is 515. The highest BCUT2D eigenvalue weighted by molar-refractivity contribution is 7.92. The van der Waals surface area contributed by atoms with Gasteiger partial charge in [-0.25, -0.2) is 8.42 Å². The van der Waals surface area contributed by atoms with E-state index in [1.54, 1.807) is 0 Å². The summed E-state index contributed by atoms with van der Waals surface area (Å²) >= 11 is 5.49. The molecule has 0 fully saturated rings. The molecule has 0 saturated heterocycles.